The molecule has 0 saturated carbocycles. The van der Waals surface area contributed by atoms with E-state index < -0.39 is 0 Å². The van der Waals surface area contributed by atoms with Crippen molar-refractivity contribution in [3.05, 3.63) is 96.1 Å². The van der Waals surface area contributed by atoms with Crippen molar-refractivity contribution in [1.29, 1.82) is 0 Å². The standard InChI is InChI=1S/C23H24BrNO2/c1-3-8-21(17-26-16-18-9-6-5-7-10-18)27-23(4-2)25-14-13-19-15-20(24)11-12-22(19)25/h3-7,9-15,21,23H,1-2,8,16-17H2/t21-,23-/m0/s1. The first-order valence-corrected chi connectivity index (χ1v) is 9.77. The van der Waals surface area contributed by atoms with E-state index in [0.717, 1.165) is 20.9 Å². The summed E-state index contributed by atoms with van der Waals surface area (Å²) < 4.78 is 15.3. The van der Waals surface area contributed by atoms with Crippen molar-refractivity contribution < 1.29 is 9.47 Å². The average Bonchev–Trinajstić information content (AvgIpc) is 3.09. The topological polar surface area (TPSA) is 23.4 Å². The number of benzene rings is 2. The molecule has 3 aromatic rings. The summed E-state index contributed by atoms with van der Waals surface area (Å²) in [7, 11) is 0. The van der Waals surface area contributed by atoms with Crippen LogP contribution in [0.3, 0.4) is 0 Å². The molecule has 3 rings (SSSR count). The van der Waals surface area contributed by atoms with E-state index in [1.807, 2.05) is 42.6 Å². The van der Waals surface area contributed by atoms with Gasteiger partial charge in [-0.05, 0) is 42.3 Å². The van der Waals surface area contributed by atoms with Gasteiger partial charge in [0.05, 0.1) is 24.8 Å². The minimum absolute atomic E-state index is 0.0953. The molecular weight excluding hydrogens is 402 g/mol. The van der Waals surface area contributed by atoms with Crippen LogP contribution in [0.15, 0.2) is 90.6 Å². The number of ether oxygens (including phenoxy) is 2. The fourth-order valence-corrected chi connectivity index (χ4v) is 3.40. The normalized spacial score (nSPS) is 13.4. The SMILES string of the molecule is C=CC[C@@H](COCc1ccccc1)O[C@@H](C=C)n1ccc2cc(Br)ccc21. The molecular formula is C23H24BrNO2. The zero-order valence-corrected chi connectivity index (χ0v) is 16.8. The molecule has 1 heterocycles. The van der Waals surface area contributed by atoms with Gasteiger partial charge in [-0.2, -0.15) is 0 Å². The van der Waals surface area contributed by atoms with Crippen LogP contribution in [0, 0.1) is 0 Å². The van der Waals surface area contributed by atoms with Crippen molar-refractivity contribution in [3.8, 4) is 0 Å². The first-order valence-electron chi connectivity index (χ1n) is 8.98. The van der Waals surface area contributed by atoms with E-state index in [-0.39, 0.29) is 12.3 Å². The minimum atomic E-state index is -0.269. The largest absolute Gasteiger partial charge is 0.374 e. The average molecular weight is 426 g/mol. The Labute approximate surface area is 169 Å². The molecule has 0 bridgehead atoms. The van der Waals surface area contributed by atoms with Crippen molar-refractivity contribution in [2.24, 2.45) is 0 Å². The van der Waals surface area contributed by atoms with Gasteiger partial charge >= 0.3 is 0 Å². The van der Waals surface area contributed by atoms with Gasteiger partial charge in [-0.15, -0.1) is 6.58 Å². The minimum Gasteiger partial charge on any atom is -0.374 e. The second-order valence-corrected chi connectivity index (χ2v) is 7.25. The van der Waals surface area contributed by atoms with Gasteiger partial charge in [-0.1, -0.05) is 58.9 Å². The van der Waals surface area contributed by atoms with E-state index >= 15 is 0 Å². The Kier molecular flexibility index (Phi) is 7.04. The molecule has 3 nitrogen and oxygen atoms in total. The highest BCUT2D eigenvalue weighted by Crippen LogP contribution is 2.26. The maximum Gasteiger partial charge on any atom is 0.153 e. The molecule has 0 saturated heterocycles. The molecule has 0 N–H and O–H groups in total. The highest BCUT2D eigenvalue weighted by atomic mass is 79.9. The zero-order chi connectivity index (χ0) is 19.1. The third-order valence-electron chi connectivity index (χ3n) is 4.33. The summed E-state index contributed by atoms with van der Waals surface area (Å²) in [6.07, 6.45) is 6.05. The fraction of sp³-hybridized carbons (Fsp3) is 0.217. The number of halogens is 1. The second-order valence-electron chi connectivity index (χ2n) is 6.34. The van der Waals surface area contributed by atoms with Crippen LogP contribution in [0.4, 0.5) is 0 Å². The summed E-state index contributed by atoms with van der Waals surface area (Å²) in [6, 6.07) is 18.4. The Morgan fingerprint density at radius 2 is 1.89 bits per heavy atom. The summed E-state index contributed by atoms with van der Waals surface area (Å²) in [4.78, 5) is 0. The number of rotatable bonds is 10. The van der Waals surface area contributed by atoms with E-state index in [1.54, 1.807) is 0 Å². The number of hydrogen-bond donors (Lipinski definition) is 0. The molecule has 0 aliphatic carbocycles. The Morgan fingerprint density at radius 3 is 2.63 bits per heavy atom. The predicted molar refractivity (Wildman–Crippen MR) is 115 cm³/mol. The van der Waals surface area contributed by atoms with Gasteiger partial charge in [0.25, 0.3) is 0 Å². The molecule has 4 heteroatoms. The fourth-order valence-electron chi connectivity index (χ4n) is 3.02. The van der Waals surface area contributed by atoms with Crippen LogP contribution in [-0.2, 0) is 16.1 Å². The van der Waals surface area contributed by atoms with Crippen molar-refractivity contribution in [3.63, 3.8) is 0 Å². The van der Waals surface area contributed by atoms with Crippen LogP contribution >= 0.6 is 15.9 Å². The molecule has 0 spiro atoms. The Balaban J connectivity index is 1.67. The van der Waals surface area contributed by atoms with Gasteiger partial charge in [-0.3, -0.25) is 0 Å². The molecule has 27 heavy (non-hydrogen) atoms. The zero-order valence-electron chi connectivity index (χ0n) is 15.3. The Morgan fingerprint density at radius 1 is 1.07 bits per heavy atom. The van der Waals surface area contributed by atoms with Crippen molar-refractivity contribution >= 4 is 26.8 Å². The number of fused-ring (bicyclic) bond motifs is 1. The predicted octanol–water partition coefficient (Wildman–Crippen LogP) is 6.27. The molecule has 2 aromatic carbocycles. The van der Waals surface area contributed by atoms with E-state index in [1.165, 1.54) is 0 Å². The number of hydrogen-bond acceptors (Lipinski definition) is 2. The van der Waals surface area contributed by atoms with Gasteiger partial charge in [0.1, 0.15) is 0 Å². The summed E-state index contributed by atoms with van der Waals surface area (Å²) >= 11 is 3.52. The lowest BCUT2D eigenvalue weighted by Crippen LogP contribution is -2.24. The van der Waals surface area contributed by atoms with E-state index in [9.17, 15) is 0 Å². The second kappa shape index (κ2) is 9.70. The molecule has 0 unspecified atom stereocenters. The van der Waals surface area contributed by atoms with Gasteiger partial charge < -0.3 is 14.0 Å². The lowest BCUT2D eigenvalue weighted by Gasteiger charge is -2.24. The summed E-state index contributed by atoms with van der Waals surface area (Å²) in [5, 5.41) is 1.15. The smallest absolute Gasteiger partial charge is 0.153 e. The van der Waals surface area contributed by atoms with Crippen LogP contribution in [0.25, 0.3) is 10.9 Å². The molecule has 140 valence electrons. The Bertz CT molecular complexity index is 888. The first-order chi connectivity index (χ1) is 13.2. The number of aromatic nitrogens is 1. The maximum atomic E-state index is 6.30. The van der Waals surface area contributed by atoms with Crippen molar-refractivity contribution in [2.75, 3.05) is 6.61 Å². The highest BCUT2D eigenvalue weighted by molar-refractivity contribution is 9.10. The van der Waals surface area contributed by atoms with Crippen LogP contribution < -0.4 is 0 Å². The van der Waals surface area contributed by atoms with Gasteiger partial charge in [0.2, 0.25) is 0 Å². The van der Waals surface area contributed by atoms with Crippen LogP contribution in [0.2, 0.25) is 0 Å². The quantitative estimate of drug-likeness (QED) is 0.357. The molecule has 0 amide bonds. The van der Waals surface area contributed by atoms with E-state index in [0.29, 0.717) is 19.6 Å². The highest BCUT2D eigenvalue weighted by Gasteiger charge is 2.17. The van der Waals surface area contributed by atoms with Crippen molar-refractivity contribution in [2.45, 2.75) is 25.4 Å². The Hall–Kier alpha value is -2.14. The lowest BCUT2D eigenvalue weighted by atomic mass is 10.2. The monoisotopic (exact) mass is 425 g/mol. The van der Waals surface area contributed by atoms with Crippen LogP contribution in [-0.4, -0.2) is 17.3 Å². The molecule has 0 radical (unpaired) electrons. The van der Waals surface area contributed by atoms with Gasteiger partial charge in [0.15, 0.2) is 6.23 Å². The van der Waals surface area contributed by atoms with E-state index in [4.69, 9.17) is 9.47 Å². The maximum absolute atomic E-state index is 6.30. The summed E-state index contributed by atoms with van der Waals surface area (Å²) in [6.45, 7) is 8.87. The molecule has 2 atom stereocenters. The molecule has 1 aromatic heterocycles. The first kappa shape index (κ1) is 19.6. The van der Waals surface area contributed by atoms with Crippen LogP contribution in [0.5, 0.6) is 0 Å². The summed E-state index contributed by atoms with van der Waals surface area (Å²) in [5.41, 5.74) is 2.25. The van der Waals surface area contributed by atoms with Gasteiger partial charge in [-0.25, -0.2) is 0 Å². The van der Waals surface area contributed by atoms with Gasteiger partial charge in [0, 0.05) is 16.1 Å². The van der Waals surface area contributed by atoms with Crippen LogP contribution in [0.1, 0.15) is 18.2 Å². The molecule has 0 aliphatic rings. The third-order valence-corrected chi connectivity index (χ3v) is 4.83. The third kappa shape index (κ3) is 5.19. The number of nitrogens with zero attached hydrogens (tertiary/aromatic N) is 1. The van der Waals surface area contributed by atoms with E-state index in [2.05, 4.69) is 64.0 Å². The van der Waals surface area contributed by atoms with Crippen molar-refractivity contribution in [1.82, 2.24) is 4.57 Å². The summed E-state index contributed by atoms with van der Waals surface area (Å²) in [5.74, 6) is 0. The molecule has 0 aliphatic heterocycles. The molecule has 0 fully saturated rings. The lowest BCUT2D eigenvalue weighted by molar-refractivity contribution is -0.0666.